The summed E-state index contributed by atoms with van der Waals surface area (Å²) in [7, 11) is 1.58. The van der Waals surface area contributed by atoms with Crippen molar-refractivity contribution in [2.45, 2.75) is 25.8 Å². The van der Waals surface area contributed by atoms with Crippen LogP contribution < -0.4 is 0 Å². The van der Waals surface area contributed by atoms with Crippen molar-refractivity contribution >= 4 is 23.5 Å². The van der Waals surface area contributed by atoms with E-state index < -0.39 is 17.7 Å². The molecule has 1 fully saturated rings. The Labute approximate surface area is 127 Å². The lowest BCUT2D eigenvalue weighted by Crippen LogP contribution is -2.32. The molecule has 0 saturated heterocycles. The number of carbonyl (C=O) groups is 2. The van der Waals surface area contributed by atoms with Crippen LogP contribution in [0, 0.1) is 17.7 Å². The maximum absolute atomic E-state index is 13.7. The van der Waals surface area contributed by atoms with Crippen molar-refractivity contribution in [3.8, 4) is 0 Å². The second-order valence-corrected chi connectivity index (χ2v) is 5.85. The Balaban J connectivity index is 2.02. The van der Waals surface area contributed by atoms with Gasteiger partial charge in [0.1, 0.15) is 5.82 Å². The van der Waals surface area contributed by atoms with E-state index in [0.29, 0.717) is 19.3 Å². The van der Waals surface area contributed by atoms with Crippen LogP contribution in [0.15, 0.2) is 18.2 Å². The molecular formula is C15H17ClFNO3. The summed E-state index contributed by atoms with van der Waals surface area (Å²) in [4.78, 5) is 24.7. The standard InChI is InChI=1S/C15H17ClFNO3/c1-18(8-11-12(16)3-2-4-13(11)17)14(19)9-5-6-10(7-9)15(20)21/h2-4,9-10H,5-8H2,1H3,(H,20,21). The van der Waals surface area contributed by atoms with E-state index in [0.717, 1.165) is 0 Å². The fourth-order valence-corrected chi connectivity index (χ4v) is 2.96. The quantitative estimate of drug-likeness (QED) is 0.929. The number of rotatable bonds is 4. The van der Waals surface area contributed by atoms with E-state index in [4.69, 9.17) is 16.7 Å². The van der Waals surface area contributed by atoms with Gasteiger partial charge in [-0.1, -0.05) is 17.7 Å². The second-order valence-electron chi connectivity index (χ2n) is 5.44. The molecule has 21 heavy (non-hydrogen) atoms. The molecule has 0 heterocycles. The summed E-state index contributed by atoms with van der Waals surface area (Å²) in [6.45, 7) is 0.0819. The molecule has 2 atom stereocenters. The number of nitrogens with zero attached hydrogens (tertiary/aromatic N) is 1. The van der Waals surface area contributed by atoms with E-state index in [9.17, 15) is 14.0 Å². The zero-order chi connectivity index (χ0) is 15.6. The largest absolute Gasteiger partial charge is 0.481 e. The third kappa shape index (κ3) is 3.53. The maximum atomic E-state index is 13.7. The topological polar surface area (TPSA) is 57.6 Å². The lowest BCUT2D eigenvalue weighted by Gasteiger charge is -2.22. The Kier molecular flexibility index (Phi) is 4.83. The molecule has 4 nitrogen and oxygen atoms in total. The summed E-state index contributed by atoms with van der Waals surface area (Å²) < 4.78 is 13.7. The molecule has 2 unspecified atom stereocenters. The Morgan fingerprint density at radius 1 is 1.38 bits per heavy atom. The fraction of sp³-hybridized carbons (Fsp3) is 0.467. The highest BCUT2D eigenvalue weighted by molar-refractivity contribution is 6.31. The van der Waals surface area contributed by atoms with Crippen molar-refractivity contribution in [1.29, 1.82) is 0 Å². The van der Waals surface area contributed by atoms with Gasteiger partial charge in [0.2, 0.25) is 5.91 Å². The molecule has 0 aromatic heterocycles. The first-order valence-corrected chi connectivity index (χ1v) is 7.18. The van der Waals surface area contributed by atoms with Crippen LogP contribution in [0.4, 0.5) is 4.39 Å². The Hall–Kier alpha value is -1.62. The van der Waals surface area contributed by atoms with Crippen LogP contribution in [0.3, 0.4) is 0 Å². The van der Waals surface area contributed by atoms with E-state index in [1.54, 1.807) is 13.1 Å². The van der Waals surface area contributed by atoms with Crippen LogP contribution >= 0.6 is 11.6 Å². The highest BCUT2D eigenvalue weighted by Crippen LogP contribution is 2.32. The predicted octanol–water partition coefficient (Wildman–Crippen LogP) is 2.94. The van der Waals surface area contributed by atoms with Gasteiger partial charge in [0.15, 0.2) is 0 Å². The van der Waals surface area contributed by atoms with Crippen LogP contribution in [-0.4, -0.2) is 28.9 Å². The first-order valence-electron chi connectivity index (χ1n) is 6.80. The third-order valence-electron chi connectivity index (χ3n) is 3.96. The molecule has 6 heteroatoms. The number of amides is 1. The first-order chi connectivity index (χ1) is 9.90. The number of benzene rings is 1. The summed E-state index contributed by atoms with van der Waals surface area (Å²) in [5.41, 5.74) is 0.280. The van der Waals surface area contributed by atoms with Crippen LogP contribution in [0.5, 0.6) is 0 Å². The molecule has 0 spiro atoms. The Morgan fingerprint density at radius 2 is 2.05 bits per heavy atom. The minimum Gasteiger partial charge on any atom is -0.481 e. The summed E-state index contributed by atoms with van der Waals surface area (Å²) in [5, 5.41) is 9.25. The molecule has 1 aliphatic carbocycles. The number of carbonyl (C=O) groups excluding carboxylic acids is 1. The monoisotopic (exact) mass is 313 g/mol. The van der Waals surface area contributed by atoms with E-state index in [-0.39, 0.29) is 29.0 Å². The number of hydrogen-bond acceptors (Lipinski definition) is 2. The summed E-state index contributed by atoms with van der Waals surface area (Å²) in [6.07, 6.45) is 1.43. The zero-order valence-corrected chi connectivity index (χ0v) is 12.4. The fourth-order valence-electron chi connectivity index (χ4n) is 2.74. The second kappa shape index (κ2) is 6.43. The third-order valence-corrected chi connectivity index (χ3v) is 4.32. The van der Waals surface area contributed by atoms with Gasteiger partial charge in [-0.2, -0.15) is 0 Å². The molecule has 1 saturated carbocycles. The average Bonchev–Trinajstić information content (AvgIpc) is 2.92. The van der Waals surface area contributed by atoms with Gasteiger partial charge in [-0.15, -0.1) is 0 Å². The molecule has 1 N–H and O–H groups in total. The average molecular weight is 314 g/mol. The maximum Gasteiger partial charge on any atom is 0.306 e. The van der Waals surface area contributed by atoms with E-state index in [2.05, 4.69) is 0 Å². The molecule has 1 aromatic rings. The number of hydrogen-bond donors (Lipinski definition) is 1. The summed E-state index contributed by atoms with van der Waals surface area (Å²) in [5.74, 6) is -2.22. The van der Waals surface area contributed by atoms with Crippen LogP contribution in [-0.2, 0) is 16.1 Å². The zero-order valence-electron chi connectivity index (χ0n) is 11.7. The molecule has 0 radical (unpaired) electrons. The molecule has 114 valence electrons. The van der Waals surface area contributed by atoms with Gasteiger partial charge in [-0.25, -0.2) is 4.39 Å². The van der Waals surface area contributed by atoms with E-state index >= 15 is 0 Å². The van der Waals surface area contributed by atoms with Gasteiger partial charge in [-0.3, -0.25) is 9.59 Å². The van der Waals surface area contributed by atoms with E-state index in [1.807, 2.05) is 0 Å². The molecule has 1 amide bonds. The Bertz CT molecular complexity index is 544. The number of aliphatic carboxylic acids is 1. The van der Waals surface area contributed by atoms with E-state index in [1.165, 1.54) is 17.0 Å². The molecular weight excluding hydrogens is 297 g/mol. The summed E-state index contributed by atoms with van der Waals surface area (Å²) >= 11 is 5.95. The molecule has 2 rings (SSSR count). The molecule has 1 aromatic carbocycles. The molecule has 0 aliphatic heterocycles. The lowest BCUT2D eigenvalue weighted by molar-refractivity contribution is -0.141. The first kappa shape index (κ1) is 15.8. The number of carboxylic acids is 1. The lowest BCUT2D eigenvalue weighted by atomic mass is 10.0. The van der Waals surface area contributed by atoms with Crippen molar-refractivity contribution < 1.29 is 19.1 Å². The number of halogens is 2. The summed E-state index contributed by atoms with van der Waals surface area (Å²) in [6, 6.07) is 4.39. The van der Waals surface area contributed by atoms with Crippen molar-refractivity contribution in [2.75, 3.05) is 7.05 Å². The van der Waals surface area contributed by atoms with Crippen LogP contribution in [0.25, 0.3) is 0 Å². The van der Waals surface area contributed by atoms with Gasteiger partial charge in [-0.05, 0) is 31.4 Å². The van der Waals surface area contributed by atoms with Crippen LogP contribution in [0.1, 0.15) is 24.8 Å². The van der Waals surface area contributed by atoms with Gasteiger partial charge in [0.05, 0.1) is 5.92 Å². The van der Waals surface area contributed by atoms with Crippen molar-refractivity contribution in [1.82, 2.24) is 4.90 Å². The highest BCUT2D eigenvalue weighted by Gasteiger charge is 2.35. The van der Waals surface area contributed by atoms with Gasteiger partial charge in [0.25, 0.3) is 0 Å². The van der Waals surface area contributed by atoms with Gasteiger partial charge in [0, 0.05) is 30.1 Å². The molecule has 1 aliphatic rings. The predicted molar refractivity (Wildman–Crippen MR) is 76.4 cm³/mol. The van der Waals surface area contributed by atoms with Gasteiger partial charge >= 0.3 is 5.97 Å². The van der Waals surface area contributed by atoms with Crippen molar-refractivity contribution in [3.63, 3.8) is 0 Å². The SMILES string of the molecule is CN(Cc1c(F)cccc1Cl)C(=O)C1CCC(C(=O)O)C1. The van der Waals surface area contributed by atoms with Gasteiger partial charge < -0.3 is 10.0 Å². The molecule has 0 bridgehead atoms. The minimum atomic E-state index is -0.856. The van der Waals surface area contributed by atoms with Crippen LogP contribution in [0.2, 0.25) is 5.02 Å². The smallest absolute Gasteiger partial charge is 0.306 e. The highest BCUT2D eigenvalue weighted by atomic mass is 35.5. The Morgan fingerprint density at radius 3 is 2.62 bits per heavy atom. The normalized spacial score (nSPS) is 21.3. The van der Waals surface area contributed by atoms with Crippen molar-refractivity contribution in [2.24, 2.45) is 11.8 Å². The van der Waals surface area contributed by atoms with Crippen molar-refractivity contribution in [3.05, 3.63) is 34.6 Å². The number of carboxylic acid groups (broad SMARTS) is 1. The minimum absolute atomic E-state index is 0.0819.